The second-order valence-electron chi connectivity index (χ2n) is 9.01. The smallest absolute Gasteiger partial charge is 0.296 e. The Bertz CT molecular complexity index is 2310. The second-order valence-corrected chi connectivity index (χ2v) is 13.8. The fraction of sp³-hybridized carbons (Fsp3) is 0. The number of nitrogens with zero attached hydrogens (tertiary/aromatic N) is 3. The molecule has 0 atom stereocenters. The minimum atomic E-state index is -5.52. The van der Waals surface area contributed by atoms with E-state index in [1.54, 1.807) is 0 Å². The Hall–Kier alpha value is -4.28. The van der Waals surface area contributed by atoms with E-state index in [1.165, 1.54) is 12.1 Å². The zero-order chi connectivity index (χ0) is 33.2. The number of aromatic nitrogens is 3. The summed E-state index contributed by atoms with van der Waals surface area (Å²) >= 11 is 11.5. The highest BCUT2D eigenvalue weighted by Crippen LogP contribution is 2.41. The number of carbonyl (C=O) groups is 2. The molecule has 1 heterocycles. The van der Waals surface area contributed by atoms with Crippen molar-refractivity contribution in [2.45, 2.75) is 14.7 Å². The summed E-state index contributed by atoms with van der Waals surface area (Å²) in [6.07, 6.45) is 0. The molecule has 1 aliphatic carbocycles. The molecule has 0 aliphatic heterocycles. The molecule has 0 bridgehead atoms. The van der Waals surface area contributed by atoms with E-state index in [-0.39, 0.29) is 39.3 Å². The monoisotopic (exact) mass is 716 g/mol. The summed E-state index contributed by atoms with van der Waals surface area (Å²) in [5.41, 5.74) is 2.40. The van der Waals surface area contributed by atoms with E-state index in [9.17, 15) is 48.5 Å². The van der Waals surface area contributed by atoms with Gasteiger partial charge in [0.1, 0.15) is 14.7 Å². The van der Waals surface area contributed by atoms with Crippen molar-refractivity contribution in [3.63, 3.8) is 0 Å². The number of benzene rings is 3. The summed E-state index contributed by atoms with van der Waals surface area (Å²) in [4.78, 5) is 34.7. The van der Waals surface area contributed by atoms with Gasteiger partial charge in [0.2, 0.25) is 16.5 Å². The van der Waals surface area contributed by atoms with Crippen molar-refractivity contribution in [1.29, 1.82) is 0 Å². The number of ketones is 2. The van der Waals surface area contributed by atoms with Crippen molar-refractivity contribution in [3.8, 4) is 0 Å². The Morgan fingerprint density at radius 1 is 0.644 bits per heavy atom. The van der Waals surface area contributed by atoms with Gasteiger partial charge in [-0.2, -0.15) is 40.2 Å². The molecular weight excluding hydrogens is 703 g/mol. The van der Waals surface area contributed by atoms with E-state index in [4.69, 9.17) is 28.9 Å². The predicted octanol–water partition coefficient (Wildman–Crippen LogP) is 2.76. The van der Waals surface area contributed by atoms with Gasteiger partial charge in [-0.15, -0.1) is 0 Å². The normalized spacial score (nSPS) is 13.3. The van der Waals surface area contributed by atoms with Crippen molar-refractivity contribution in [3.05, 3.63) is 75.3 Å². The molecule has 7 N–H and O–H groups in total. The maximum absolute atomic E-state index is 13.7. The van der Waals surface area contributed by atoms with Gasteiger partial charge in [-0.25, -0.2) is 0 Å². The molecule has 22 heteroatoms. The third-order valence-corrected chi connectivity index (χ3v) is 9.38. The predicted molar refractivity (Wildman–Crippen MR) is 156 cm³/mol. The van der Waals surface area contributed by atoms with Crippen LogP contribution in [0.5, 0.6) is 0 Å². The van der Waals surface area contributed by atoms with Crippen LogP contribution in [-0.2, 0) is 30.4 Å². The van der Waals surface area contributed by atoms with Gasteiger partial charge in [0.15, 0.2) is 11.6 Å². The number of nitrogens with one attached hydrogen (secondary N) is 2. The van der Waals surface area contributed by atoms with Crippen LogP contribution in [0.15, 0.2) is 57.2 Å². The number of hydrogen-bond acceptors (Lipinski definition) is 14. The Morgan fingerprint density at radius 3 is 1.82 bits per heavy atom. The zero-order valence-electron chi connectivity index (χ0n) is 21.5. The second kappa shape index (κ2) is 11.0. The first-order valence-corrected chi connectivity index (χ1v) is 16.7. The van der Waals surface area contributed by atoms with Crippen molar-refractivity contribution >= 4 is 93.8 Å². The molecular formula is C23H14Cl2N6O11S3. The molecule has 0 fully saturated rings. The van der Waals surface area contributed by atoms with E-state index in [2.05, 4.69) is 25.6 Å². The maximum atomic E-state index is 13.7. The molecule has 0 saturated carbocycles. The Labute approximate surface area is 262 Å². The number of rotatable bonds is 7. The van der Waals surface area contributed by atoms with Crippen LogP contribution in [0, 0.1) is 0 Å². The highest BCUT2D eigenvalue weighted by atomic mass is 35.5. The number of nitrogens with two attached hydrogens (primary N) is 1. The van der Waals surface area contributed by atoms with Crippen LogP contribution >= 0.6 is 23.2 Å². The number of anilines is 5. The van der Waals surface area contributed by atoms with Crippen LogP contribution in [0.3, 0.4) is 0 Å². The summed E-state index contributed by atoms with van der Waals surface area (Å²) in [6.45, 7) is 0. The van der Waals surface area contributed by atoms with Gasteiger partial charge >= 0.3 is 0 Å². The SMILES string of the molecule is Nc1ccc(Nc2ccc(Nc3nc(Cl)nc(Cl)n3)c(S(=O)(=O)O)c2)c2c1C(=O)c1c(ccc(S(=O)(=O)O)c1S(=O)(=O)O)C2=O. The Balaban J connectivity index is 1.64. The van der Waals surface area contributed by atoms with Crippen LogP contribution in [0.2, 0.25) is 10.6 Å². The minimum absolute atomic E-state index is 0.0711. The van der Waals surface area contributed by atoms with Crippen LogP contribution in [0.25, 0.3) is 0 Å². The van der Waals surface area contributed by atoms with Gasteiger partial charge in [0, 0.05) is 16.9 Å². The number of halogens is 2. The molecule has 17 nitrogen and oxygen atoms in total. The van der Waals surface area contributed by atoms with E-state index < -0.39 is 78.9 Å². The third kappa shape index (κ3) is 6.04. The zero-order valence-corrected chi connectivity index (χ0v) is 25.5. The number of carbonyl (C=O) groups excluding carboxylic acids is 2. The quantitative estimate of drug-likeness (QED) is 0.104. The molecule has 5 rings (SSSR count). The van der Waals surface area contributed by atoms with Gasteiger partial charge in [-0.3, -0.25) is 23.2 Å². The van der Waals surface area contributed by atoms with Crippen LogP contribution in [0.4, 0.5) is 28.7 Å². The van der Waals surface area contributed by atoms with Gasteiger partial charge in [-0.05, 0) is 65.7 Å². The highest BCUT2D eigenvalue weighted by Gasteiger charge is 2.40. The van der Waals surface area contributed by atoms with Crippen molar-refractivity contribution in [2.24, 2.45) is 0 Å². The largest absolute Gasteiger partial charge is 0.398 e. The molecule has 0 spiro atoms. The molecule has 1 aromatic heterocycles. The van der Waals surface area contributed by atoms with E-state index in [1.807, 2.05) is 0 Å². The third-order valence-electron chi connectivity index (χ3n) is 6.19. The molecule has 4 aromatic rings. The van der Waals surface area contributed by atoms with Crippen LogP contribution in [-0.4, -0.2) is 65.4 Å². The van der Waals surface area contributed by atoms with E-state index in [0.717, 1.165) is 24.3 Å². The molecule has 234 valence electrons. The molecule has 45 heavy (non-hydrogen) atoms. The standard InChI is InChI=1S/C23H14Cl2N6O11S3/c24-21-29-22(25)31-23(30-21)28-11-4-1-8(7-14(11)44(37,38)39)27-12-5-3-10(26)16-17(12)18(32)9-2-6-13(43(34,35)36)20(45(40,41)42)15(9)19(16)33/h1-7,27H,26H2,(H,34,35,36)(H,37,38,39)(H,40,41,42)(H,28,29,30,31). The summed E-state index contributed by atoms with van der Waals surface area (Å²) in [5.74, 6) is -2.62. The van der Waals surface area contributed by atoms with Gasteiger partial charge in [0.05, 0.1) is 28.1 Å². The van der Waals surface area contributed by atoms with Gasteiger partial charge < -0.3 is 16.4 Å². The lowest BCUT2D eigenvalue weighted by Crippen LogP contribution is -2.27. The topological polar surface area (TPSA) is 286 Å². The van der Waals surface area contributed by atoms with Crippen LogP contribution in [0.1, 0.15) is 31.8 Å². The molecule has 0 radical (unpaired) electrons. The Kier molecular flexibility index (Phi) is 7.82. The first kappa shape index (κ1) is 32.1. The fourth-order valence-electron chi connectivity index (χ4n) is 4.48. The average Bonchev–Trinajstić information content (AvgIpc) is 2.90. The maximum Gasteiger partial charge on any atom is 0.296 e. The fourth-order valence-corrected chi connectivity index (χ4v) is 7.50. The van der Waals surface area contributed by atoms with E-state index in [0.29, 0.717) is 6.07 Å². The summed E-state index contributed by atoms with van der Waals surface area (Å²) in [6, 6.07) is 7.02. The molecule has 3 aromatic carbocycles. The number of nitrogen functional groups attached to an aromatic ring is 1. The lowest BCUT2D eigenvalue weighted by Gasteiger charge is -2.24. The minimum Gasteiger partial charge on any atom is -0.398 e. The molecule has 1 aliphatic rings. The lowest BCUT2D eigenvalue weighted by atomic mass is 9.82. The summed E-state index contributed by atoms with van der Waals surface area (Å²) < 4.78 is 102. The van der Waals surface area contributed by atoms with Gasteiger partial charge in [-0.1, -0.05) is 0 Å². The number of hydrogen-bond donors (Lipinski definition) is 6. The summed E-state index contributed by atoms with van der Waals surface area (Å²) in [7, 11) is -15.8. The molecule has 0 unspecified atom stereocenters. The average molecular weight is 718 g/mol. The van der Waals surface area contributed by atoms with E-state index >= 15 is 0 Å². The highest BCUT2D eigenvalue weighted by molar-refractivity contribution is 7.89. The van der Waals surface area contributed by atoms with Crippen molar-refractivity contribution in [2.75, 3.05) is 16.4 Å². The lowest BCUT2D eigenvalue weighted by molar-refractivity contribution is 0.0977. The Morgan fingerprint density at radius 2 is 1.24 bits per heavy atom. The summed E-state index contributed by atoms with van der Waals surface area (Å²) in [5, 5.41) is 4.60. The van der Waals surface area contributed by atoms with Crippen molar-refractivity contribution < 1.29 is 48.5 Å². The van der Waals surface area contributed by atoms with Gasteiger partial charge in [0.25, 0.3) is 30.4 Å². The van der Waals surface area contributed by atoms with Crippen LogP contribution < -0.4 is 16.4 Å². The molecule has 0 saturated heterocycles. The first-order valence-electron chi connectivity index (χ1n) is 11.6. The van der Waals surface area contributed by atoms with Crippen molar-refractivity contribution in [1.82, 2.24) is 15.0 Å². The first-order chi connectivity index (χ1) is 20.8. The molecule has 0 amide bonds. The number of fused-ring (bicyclic) bond motifs is 2.